The molecule has 0 aliphatic heterocycles. The van der Waals surface area contributed by atoms with Crippen molar-refractivity contribution in [3.8, 4) is 0 Å². The van der Waals surface area contributed by atoms with Crippen LogP contribution in [0.5, 0.6) is 0 Å². The molecule has 0 saturated heterocycles. The van der Waals surface area contributed by atoms with Crippen molar-refractivity contribution in [3.05, 3.63) is 54.1 Å². The number of rotatable bonds is 11. The molecule has 1 aromatic heterocycles. The van der Waals surface area contributed by atoms with Crippen LogP contribution < -0.4 is 5.73 Å². The van der Waals surface area contributed by atoms with E-state index in [4.69, 9.17) is 19.0 Å². The van der Waals surface area contributed by atoms with Crippen molar-refractivity contribution in [2.75, 3.05) is 26.4 Å². The molecule has 2 aromatic rings. The average Bonchev–Trinajstić information content (AvgIpc) is 3.07. The van der Waals surface area contributed by atoms with E-state index >= 15 is 0 Å². The molecule has 0 aliphatic rings. The molecule has 0 atom stereocenters. The van der Waals surface area contributed by atoms with E-state index in [0.717, 1.165) is 24.8 Å². The summed E-state index contributed by atoms with van der Waals surface area (Å²) in [7, 11) is -2.40. The SMILES string of the molecule is CCO[Si](CCCN)(OCC)OCC.Cc1nccn1Cc1ccccc1. The quantitative estimate of drug-likeness (QED) is 0.590. The van der Waals surface area contributed by atoms with E-state index in [1.807, 2.05) is 46.2 Å². The Balaban J connectivity index is 0.000000270. The summed E-state index contributed by atoms with van der Waals surface area (Å²) in [6, 6.07) is 11.2. The third kappa shape index (κ3) is 8.81. The van der Waals surface area contributed by atoms with Crippen molar-refractivity contribution in [2.45, 2.75) is 46.7 Å². The molecule has 27 heavy (non-hydrogen) atoms. The summed E-state index contributed by atoms with van der Waals surface area (Å²) < 4.78 is 19.1. The number of nitrogens with zero attached hydrogens (tertiary/aromatic N) is 2. The lowest BCUT2D eigenvalue weighted by Gasteiger charge is -2.28. The zero-order chi connectivity index (χ0) is 20.0. The molecule has 0 unspecified atom stereocenters. The second-order valence-corrected chi connectivity index (χ2v) is 8.69. The Morgan fingerprint density at radius 2 is 1.59 bits per heavy atom. The topological polar surface area (TPSA) is 71.5 Å². The molecule has 0 saturated carbocycles. The van der Waals surface area contributed by atoms with Crippen LogP contribution in [-0.4, -0.2) is 44.7 Å². The van der Waals surface area contributed by atoms with Gasteiger partial charge in [-0.25, -0.2) is 4.98 Å². The summed E-state index contributed by atoms with van der Waals surface area (Å²) in [5.41, 5.74) is 6.79. The smallest absolute Gasteiger partial charge is 0.374 e. The van der Waals surface area contributed by atoms with E-state index in [2.05, 4.69) is 33.8 Å². The van der Waals surface area contributed by atoms with Gasteiger partial charge in [-0.2, -0.15) is 0 Å². The van der Waals surface area contributed by atoms with Crippen LogP contribution in [0.15, 0.2) is 42.7 Å². The van der Waals surface area contributed by atoms with Crippen molar-refractivity contribution in [1.29, 1.82) is 0 Å². The highest BCUT2D eigenvalue weighted by Gasteiger charge is 2.39. The van der Waals surface area contributed by atoms with Gasteiger partial charge >= 0.3 is 8.80 Å². The maximum absolute atomic E-state index is 5.65. The monoisotopic (exact) mass is 393 g/mol. The van der Waals surface area contributed by atoms with Crippen LogP contribution in [0, 0.1) is 6.92 Å². The van der Waals surface area contributed by atoms with E-state index in [1.54, 1.807) is 0 Å². The Labute approximate surface area is 165 Å². The molecular formula is C20H35N3O3Si. The van der Waals surface area contributed by atoms with Gasteiger partial charge in [0.25, 0.3) is 0 Å². The first-order valence-corrected chi connectivity index (χ1v) is 11.7. The Kier molecular flexibility index (Phi) is 11.9. The van der Waals surface area contributed by atoms with Crippen LogP contribution in [0.4, 0.5) is 0 Å². The van der Waals surface area contributed by atoms with Crippen LogP contribution in [0.1, 0.15) is 38.6 Å². The largest absolute Gasteiger partial charge is 0.500 e. The number of aromatic nitrogens is 2. The first-order chi connectivity index (χ1) is 13.1. The summed E-state index contributed by atoms with van der Waals surface area (Å²) >= 11 is 0. The van der Waals surface area contributed by atoms with E-state index < -0.39 is 8.80 Å². The van der Waals surface area contributed by atoms with Crippen molar-refractivity contribution in [2.24, 2.45) is 5.73 Å². The molecule has 0 fully saturated rings. The number of hydrogen-bond acceptors (Lipinski definition) is 5. The van der Waals surface area contributed by atoms with Gasteiger partial charge in [0.1, 0.15) is 5.82 Å². The van der Waals surface area contributed by atoms with Gasteiger partial charge in [-0.15, -0.1) is 0 Å². The molecule has 0 amide bonds. The molecule has 0 aliphatic carbocycles. The molecule has 0 bridgehead atoms. The van der Waals surface area contributed by atoms with E-state index in [0.29, 0.717) is 26.4 Å². The molecule has 6 nitrogen and oxygen atoms in total. The summed E-state index contributed by atoms with van der Waals surface area (Å²) in [6.07, 6.45) is 4.73. The molecule has 2 rings (SSSR count). The first-order valence-electron chi connectivity index (χ1n) is 9.74. The minimum atomic E-state index is -2.40. The van der Waals surface area contributed by atoms with E-state index in [-0.39, 0.29) is 0 Å². The highest BCUT2D eigenvalue weighted by molar-refractivity contribution is 6.60. The van der Waals surface area contributed by atoms with Crippen LogP contribution >= 0.6 is 0 Å². The lowest BCUT2D eigenvalue weighted by atomic mass is 10.2. The van der Waals surface area contributed by atoms with Crippen LogP contribution in [0.25, 0.3) is 0 Å². The van der Waals surface area contributed by atoms with Crippen molar-refractivity contribution < 1.29 is 13.3 Å². The van der Waals surface area contributed by atoms with Crippen molar-refractivity contribution >= 4 is 8.80 Å². The van der Waals surface area contributed by atoms with E-state index in [1.165, 1.54) is 5.56 Å². The summed E-state index contributed by atoms with van der Waals surface area (Å²) in [4.78, 5) is 4.18. The van der Waals surface area contributed by atoms with Gasteiger partial charge < -0.3 is 23.6 Å². The second-order valence-electron chi connectivity index (χ2n) is 5.96. The molecule has 1 aromatic carbocycles. The van der Waals surface area contributed by atoms with Crippen molar-refractivity contribution in [1.82, 2.24) is 9.55 Å². The van der Waals surface area contributed by atoms with Gasteiger partial charge in [-0.3, -0.25) is 0 Å². The standard InChI is InChI=1S/C11H12N2.C9H23NO3Si/c1-10-12-7-8-13(10)9-11-5-3-2-4-6-11;1-4-11-14(12-5-2,13-6-3)9-7-8-10/h2-8H,9H2,1H3;4-10H2,1-3H3. The average molecular weight is 394 g/mol. The maximum atomic E-state index is 5.65. The fourth-order valence-electron chi connectivity index (χ4n) is 2.67. The molecule has 0 radical (unpaired) electrons. The minimum Gasteiger partial charge on any atom is -0.374 e. The Hall–Kier alpha value is -1.51. The first kappa shape index (κ1) is 23.5. The molecular weight excluding hydrogens is 358 g/mol. The Morgan fingerprint density at radius 3 is 2.04 bits per heavy atom. The number of aryl methyl sites for hydroxylation is 1. The third-order valence-corrected chi connectivity index (χ3v) is 7.05. The van der Waals surface area contributed by atoms with Gasteiger partial charge in [0.2, 0.25) is 0 Å². The molecule has 7 heteroatoms. The number of benzene rings is 1. The molecule has 1 heterocycles. The zero-order valence-corrected chi connectivity index (χ0v) is 18.2. The second kappa shape index (κ2) is 13.6. The molecule has 0 spiro atoms. The zero-order valence-electron chi connectivity index (χ0n) is 17.2. The highest BCUT2D eigenvalue weighted by atomic mass is 28.4. The van der Waals surface area contributed by atoms with Crippen LogP contribution in [-0.2, 0) is 19.8 Å². The fraction of sp³-hybridized carbons (Fsp3) is 0.550. The highest BCUT2D eigenvalue weighted by Crippen LogP contribution is 2.17. The Morgan fingerprint density at radius 1 is 1.00 bits per heavy atom. The van der Waals surface area contributed by atoms with Gasteiger partial charge in [-0.1, -0.05) is 30.3 Å². The number of hydrogen-bond donors (Lipinski definition) is 1. The summed E-state index contributed by atoms with van der Waals surface area (Å²) in [6.45, 7) is 11.4. The maximum Gasteiger partial charge on any atom is 0.500 e. The summed E-state index contributed by atoms with van der Waals surface area (Å²) in [5.74, 6) is 1.06. The van der Waals surface area contributed by atoms with Gasteiger partial charge in [-0.05, 0) is 46.2 Å². The summed E-state index contributed by atoms with van der Waals surface area (Å²) in [5, 5.41) is 0. The van der Waals surface area contributed by atoms with Crippen LogP contribution in [0.3, 0.4) is 0 Å². The Bertz CT molecular complexity index is 591. The lowest BCUT2D eigenvalue weighted by molar-refractivity contribution is 0.0710. The van der Waals surface area contributed by atoms with Crippen molar-refractivity contribution in [3.63, 3.8) is 0 Å². The van der Waals surface area contributed by atoms with E-state index in [9.17, 15) is 0 Å². The van der Waals surface area contributed by atoms with Gasteiger partial charge in [0.15, 0.2) is 0 Å². The van der Waals surface area contributed by atoms with Gasteiger partial charge in [0, 0.05) is 44.8 Å². The predicted molar refractivity (Wildman–Crippen MR) is 112 cm³/mol. The van der Waals surface area contributed by atoms with Crippen LogP contribution in [0.2, 0.25) is 6.04 Å². The predicted octanol–water partition coefficient (Wildman–Crippen LogP) is 3.62. The lowest BCUT2D eigenvalue weighted by Crippen LogP contribution is -2.46. The third-order valence-electron chi connectivity index (χ3n) is 3.90. The number of imidazole rings is 1. The van der Waals surface area contributed by atoms with Gasteiger partial charge in [0.05, 0.1) is 0 Å². The normalized spacial score (nSPS) is 11.1. The number of nitrogens with two attached hydrogens (primary N) is 1. The minimum absolute atomic E-state index is 0.636. The fourth-order valence-corrected chi connectivity index (χ4v) is 5.31. The molecule has 152 valence electrons. The molecule has 2 N–H and O–H groups in total.